The van der Waals surface area contributed by atoms with Crippen molar-refractivity contribution in [3.8, 4) is 5.75 Å². The maximum Gasteiger partial charge on any atom is 0.494 e. The van der Waals surface area contributed by atoms with Crippen LogP contribution in [0.5, 0.6) is 5.75 Å². The van der Waals surface area contributed by atoms with Gasteiger partial charge in [-0.15, -0.1) is 0 Å². The lowest BCUT2D eigenvalue weighted by Crippen LogP contribution is -2.33. The third-order valence-electron chi connectivity index (χ3n) is 3.50. The zero-order valence-corrected chi connectivity index (χ0v) is 11.9. The molecule has 1 aliphatic rings. The van der Waals surface area contributed by atoms with Crippen molar-refractivity contribution in [2.24, 2.45) is 0 Å². The molecule has 0 bridgehead atoms. The van der Waals surface area contributed by atoms with Gasteiger partial charge >= 0.3 is 13.1 Å². The number of hydrogen-bond acceptors (Lipinski definition) is 4. The van der Waals surface area contributed by atoms with E-state index in [1.165, 1.54) is 6.07 Å². The Balaban J connectivity index is 2.02. The number of rotatable bonds is 2. The largest absolute Gasteiger partial charge is 0.494 e. The number of carbonyl (C=O) groups excluding carboxylic acids is 1. The predicted molar refractivity (Wildman–Crippen MR) is 70.0 cm³/mol. The number of halogens is 6. The van der Waals surface area contributed by atoms with E-state index in [1.54, 1.807) is 0 Å². The van der Waals surface area contributed by atoms with Gasteiger partial charge in [0.15, 0.2) is 0 Å². The fraction of sp³-hybridized carbons (Fsp3) is 0.0714. The maximum atomic E-state index is 14.3. The molecule has 0 aromatic heterocycles. The number of fused-ring (bicyclic) bond motifs is 1. The Morgan fingerprint density at radius 2 is 1.52 bits per heavy atom. The highest BCUT2D eigenvalue weighted by atomic mass is 19.2. The van der Waals surface area contributed by atoms with Gasteiger partial charge in [0.05, 0.1) is 12.2 Å². The molecule has 0 spiro atoms. The van der Waals surface area contributed by atoms with Crippen LogP contribution in [0.1, 0.15) is 15.9 Å². The van der Waals surface area contributed by atoms with Crippen molar-refractivity contribution in [3.63, 3.8) is 0 Å². The molecule has 1 aliphatic heterocycles. The molecular weight excluding hydrogens is 357 g/mol. The molecule has 3 rings (SSSR count). The maximum absolute atomic E-state index is 14.3. The summed E-state index contributed by atoms with van der Waals surface area (Å²) in [6.07, 6.45) is 0. The van der Waals surface area contributed by atoms with Crippen molar-refractivity contribution in [1.82, 2.24) is 0 Å². The third-order valence-corrected chi connectivity index (χ3v) is 3.50. The van der Waals surface area contributed by atoms with Crippen LogP contribution in [0.4, 0.5) is 26.3 Å². The van der Waals surface area contributed by atoms with Crippen LogP contribution >= 0.6 is 0 Å². The zero-order valence-electron chi connectivity index (χ0n) is 11.9. The van der Waals surface area contributed by atoms with E-state index in [9.17, 15) is 36.2 Å². The summed E-state index contributed by atoms with van der Waals surface area (Å²) >= 11 is 0. The van der Waals surface area contributed by atoms with Gasteiger partial charge in [-0.1, -0.05) is 6.07 Å². The molecule has 0 aliphatic carbocycles. The van der Waals surface area contributed by atoms with Gasteiger partial charge in [-0.3, -0.25) is 0 Å². The fourth-order valence-electron chi connectivity index (χ4n) is 2.26. The van der Waals surface area contributed by atoms with Crippen LogP contribution in [0.2, 0.25) is 0 Å². The molecule has 4 nitrogen and oxygen atoms in total. The van der Waals surface area contributed by atoms with Gasteiger partial charge in [-0.25, -0.2) is 22.4 Å². The summed E-state index contributed by atoms with van der Waals surface area (Å²) < 4.78 is 89.3. The summed E-state index contributed by atoms with van der Waals surface area (Å²) in [5.41, 5.74) is -1.04. The summed E-state index contributed by atoms with van der Waals surface area (Å²) in [6.45, 7) is -0.139. The van der Waals surface area contributed by atoms with Crippen LogP contribution in [-0.4, -0.2) is 18.1 Å². The molecule has 25 heavy (non-hydrogen) atoms. The average molecular weight is 362 g/mol. The molecule has 1 N–H and O–H groups in total. The number of hydrogen-bond donors (Lipinski definition) is 1. The van der Waals surface area contributed by atoms with Crippen LogP contribution < -0.4 is 10.2 Å². The van der Waals surface area contributed by atoms with E-state index >= 15 is 0 Å². The van der Waals surface area contributed by atoms with E-state index in [0.29, 0.717) is 0 Å². The summed E-state index contributed by atoms with van der Waals surface area (Å²) in [7, 11) is -1.67. The van der Waals surface area contributed by atoms with Gasteiger partial charge in [0.2, 0.25) is 34.8 Å². The molecule has 2 aromatic carbocycles. The SMILES string of the molecule is O=C(Oc1c(F)c(F)c(F)c(F)c1F)c1ccc2c(c1F)B(O)OC2. The van der Waals surface area contributed by atoms with Gasteiger partial charge in [0.1, 0.15) is 5.82 Å². The standard InChI is InChI=1S/C14H5BF6O4/c16-7-5(2-1-4-3-24-15(23)6(4)7)14(22)25-13-11(20)9(18)8(17)10(19)12(13)21/h1-2,23H,3H2. The van der Waals surface area contributed by atoms with Gasteiger partial charge in [0.25, 0.3) is 0 Å². The minimum Gasteiger partial charge on any atom is -0.423 e. The molecule has 0 saturated carbocycles. The summed E-state index contributed by atoms with van der Waals surface area (Å²) in [5.74, 6) is -16.7. The number of benzene rings is 2. The highest BCUT2D eigenvalue weighted by molar-refractivity contribution is 6.61. The fourth-order valence-corrected chi connectivity index (χ4v) is 2.26. The molecule has 0 radical (unpaired) electrons. The van der Waals surface area contributed by atoms with Crippen molar-refractivity contribution in [3.05, 3.63) is 58.2 Å². The van der Waals surface area contributed by atoms with E-state index in [-0.39, 0.29) is 17.6 Å². The molecule has 11 heteroatoms. The van der Waals surface area contributed by atoms with E-state index in [1.807, 2.05) is 0 Å². The lowest BCUT2D eigenvalue weighted by molar-refractivity contribution is 0.0711. The average Bonchev–Trinajstić information content (AvgIpc) is 2.97. The molecule has 0 unspecified atom stereocenters. The first-order chi connectivity index (χ1) is 11.7. The van der Waals surface area contributed by atoms with Crippen LogP contribution in [0, 0.1) is 34.9 Å². The van der Waals surface area contributed by atoms with Crippen LogP contribution in [0.15, 0.2) is 12.1 Å². The monoisotopic (exact) mass is 362 g/mol. The Labute approximate surface area is 135 Å². The lowest BCUT2D eigenvalue weighted by atomic mass is 9.78. The topological polar surface area (TPSA) is 55.8 Å². The normalized spacial score (nSPS) is 13.2. The molecule has 0 atom stereocenters. The Hall–Kier alpha value is -2.53. The smallest absolute Gasteiger partial charge is 0.423 e. The summed E-state index contributed by atoms with van der Waals surface area (Å²) in [5, 5.41) is 9.47. The van der Waals surface area contributed by atoms with E-state index in [2.05, 4.69) is 4.74 Å². The second-order valence-corrected chi connectivity index (χ2v) is 4.95. The van der Waals surface area contributed by atoms with Crippen LogP contribution in [0.25, 0.3) is 0 Å². The molecule has 130 valence electrons. The summed E-state index contributed by atoms with van der Waals surface area (Å²) in [4.78, 5) is 11.9. The third kappa shape index (κ3) is 2.65. The molecule has 0 saturated heterocycles. The summed E-state index contributed by atoms with van der Waals surface area (Å²) in [6, 6.07) is 2.05. The van der Waals surface area contributed by atoms with Crippen molar-refractivity contribution in [2.75, 3.05) is 0 Å². The van der Waals surface area contributed by atoms with E-state index in [0.717, 1.165) is 6.07 Å². The van der Waals surface area contributed by atoms with Gasteiger partial charge < -0.3 is 14.4 Å². The molecule has 0 fully saturated rings. The first-order valence-electron chi connectivity index (χ1n) is 6.58. The van der Waals surface area contributed by atoms with Crippen molar-refractivity contribution in [1.29, 1.82) is 0 Å². The van der Waals surface area contributed by atoms with Crippen molar-refractivity contribution >= 4 is 18.6 Å². The molecule has 1 heterocycles. The quantitative estimate of drug-likeness (QED) is 0.222. The van der Waals surface area contributed by atoms with E-state index in [4.69, 9.17) is 4.65 Å². The first kappa shape index (κ1) is 17.3. The zero-order chi connectivity index (χ0) is 18.5. The van der Waals surface area contributed by atoms with Gasteiger partial charge in [-0.2, -0.15) is 8.78 Å². The lowest BCUT2D eigenvalue weighted by Gasteiger charge is -2.10. The van der Waals surface area contributed by atoms with Gasteiger partial charge in [-0.05, 0) is 11.6 Å². The molecular formula is C14H5BF6O4. The molecule has 2 aromatic rings. The minimum atomic E-state index is -2.43. The second kappa shape index (κ2) is 6.08. The van der Waals surface area contributed by atoms with E-state index < -0.39 is 59.3 Å². The molecule has 0 amide bonds. The number of ether oxygens (including phenoxy) is 1. The second-order valence-electron chi connectivity index (χ2n) is 4.95. The minimum absolute atomic E-state index is 0.139. The Bertz CT molecular complexity index is 875. The Kier molecular flexibility index (Phi) is 4.21. The van der Waals surface area contributed by atoms with Crippen LogP contribution in [0.3, 0.4) is 0 Å². The number of esters is 1. The van der Waals surface area contributed by atoms with Crippen molar-refractivity contribution in [2.45, 2.75) is 6.61 Å². The number of carbonyl (C=O) groups is 1. The Morgan fingerprint density at radius 3 is 2.12 bits per heavy atom. The first-order valence-corrected chi connectivity index (χ1v) is 6.58. The highest BCUT2D eigenvalue weighted by Gasteiger charge is 2.35. The van der Waals surface area contributed by atoms with Crippen LogP contribution in [-0.2, 0) is 11.3 Å². The predicted octanol–water partition coefficient (Wildman–Crippen LogP) is 1.96. The van der Waals surface area contributed by atoms with Crippen molar-refractivity contribution < 1.29 is 45.6 Å². The highest BCUT2D eigenvalue weighted by Crippen LogP contribution is 2.30. The van der Waals surface area contributed by atoms with Gasteiger partial charge in [0, 0.05) is 5.46 Å². The Morgan fingerprint density at radius 1 is 0.960 bits per heavy atom.